The number of benzene rings is 1. The molecule has 0 radical (unpaired) electrons. The molecule has 2 rings (SSSR count). The highest BCUT2D eigenvalue weighted by Gasteiger charge is 2.15. The second kappa shape index (κ2) is 6.61. The molecule has 0 aliphatic carbocycles. The Balaban J connectivity index is 1.89. The number of nitrogens with zero attached hydrogens (tertiary/aromatic N) is 1. The monoisotopic (exact) mass is 277 g/mol. The maximum absolute atomic E-state index is 11.0. The fourth-order valence-electron chi connectivity index (χ4n) is 2.60. The number of carboxylic acid groups (broad SMARTS) is 1. The molecule has 0 aromatic heterocycles. The maximum Gasteiger partial charge on any atom is 0.335 e. The van der Waals surface area contributed by atoms with Gasteiger partial charge in [-0.2, -0.15) is 0 Å². The summed E-state index contributed by atoms with van der Waals surface area (Å²) in [5.41, 5.74) is 7.42. The Kier molecular flexibility index (Phi) is 4.84. The van der Waals surface area contributed by atoms with E-state index in [9.17, 15) is 4.79 Å². The number of carbonyl (C=O) groups is 1. The van der Waals surface area contributed by atoms with E-state index in [4.69, 9.17) is 10.8 Å². The third-order valence-corrected chi connectivity index (χ3v) is 3.71. The second-order valence-electron chi connectivity index (χ2n) is 5.60. The molecule has 0 spiro atoms. The van der Waals surface area contributed by atoms with Crippen LogP contribution in [0, 0.1) is 5.92 Å². The van der Waals surface area contributed by atoms with Gasteiger partial charge in [0.1, 0.15) is 0 Å². The van der Waals surface area contributed by atoms with Crippen LogP contribution >= 0.6 is 0 Å². The largest absolute Gasteiger partial charge is 0.478 e. The fourth-order valence-corrected chi connectivity index (χ4v) is 2.60. The van der Waals surface area contributed by atoms with Crippen molar-refractivity contribution in [2.75, 3.05) is 37.2 Å². The van der Waals surface area contributed by atoms with Gasteiger partial charge < -0.3 is 21.1 Å². The minimum absolute atomic E-state index is 0.258. The quantitative estimate of drug-likeness (QED) is 0.694. The summed E-state index contributed by atoms with van der Waals surface area (Å²) in [6.07, 6.45) is 2.60. The van der Waals surface area contributed by atoms with E-state index >= 15 is 0 Å². The number of nitrogens with one attached hydrogen (secondary N) is 1. The predicted octanol–water partition coefficient (Wildman–Crippen LogP) is 2.11. The van der Waals surface area contributed by atoms with Crippen LogP contribution in [0.3, 0.4) is 0 Å². The van der Waals surface area contributed by atoms with Gasteiger partial charge in [0.05, 0.1) is 16.9 Å². The first-order valence-corrected chi connectivity index (χ1v) is 7.15. The molecule has 5 nitrogen and oxygen atoms in total. The van der Waals surface area contributed by atoms with Crippen LogP contribution in [-0.4, -0.2) is 42.2 Å². The molecule has 1 fully saturated rings. The molecular weight excluding hydrogens is 254 g/mol. The van der Waals surface area contributed by atoms with E-state index in [0.717, 1.165) is 13.1 Å². The molecule has 1 aliphatic rings. The standard InChI is InChI=1S/C15H23N3O2/c1-11(10-18-6-2-3-7-18)9-17-14-8-12(15(19)20)4-5-13(14)16/h4-5,8,11,17H,2-3,6-7,9-10,16H2,1H3,(H,19,20). The number of aromatic carboxylic acids is 1. The van der Waals surface area contributed by atoms with Gasteiger partial charge in [0.2, 0.25) is 0 Å². The van der Waals surface area contributed by atoms with E-state index in [1.807, 2.05) is 0 Å². The molecule has 5 heteroatoms. The zero-order valence-corrected chi connectivity index (χ0v) is 11.9. The number of carboxylic acids is 1. The van der Waals surface area contributed by atoms with Crippen molar-refractivity contribution in [3.8, 4) is 0 Å². The van der Waals surface area contributed by atoms with Gasteiger partial charge in [0.15, 0.2) is 0 Å². The van der Waals surface area contributed by atoms with Gasteiger partial charge in [0.25, 0.3) is 0 Å². The molecule has 1 atom stereocenters. The predicted molar refractivity (Wildman–Crippen MR) is 81.1 cm³/mol. The fraction of sp³-hybridized carbons (Fsp3) is 0.533. The summed E-state index contributed by atoms with van der Waals surface area (Å²) < 4.78 is 0. The molecule has 0 saturated carbocycles. The average Bonchev–Trinajstić information content (AvgIpc) is 2.90. The van der Waals surface area contributed by atoms with Crippen LogP contribution in [0.25, 0.3) is 0 Å². The lowest BCUT2D eigenvalue weighted by Gasteiger charge is -2.21. The smallest absolute Gasteiger partial charge is 0.335 e. The third-order valence-electron chi connectivity index (χ3n) is 3.71. The van der Waals surface area contributed by atoms with Gasteiger partial charge in [-0.3, -0.25) is 0 Å². The molecule has 1 aromatic carbocycles. The van der Waals surface area contributed by atoms with Gasteiger partial charge in [-0.1, -0.05) is 6.92 Å². The first kappa shape index (κ1) is 14.7. The van der Waals surface area contributed by atoms with Crippen molar-refractivity contribution < 1.29 is 9.90 Å². The van der Waals surface area contributed by atoms with Crippen molar-refractivity contribution in [3.63, 3.8) is 0 Å². The lowest BCUT2D eigenvalue weighted by molar-refractivity contribution is 0.0697. The Hall–Kier alpha value is -1.75. The van der Waals surface area contributed by atoms with Crippen LogP contribution in [0.2, 0.25) is 0 Å². The average molecular weight is 277 g/mol. The lowest BCUT2D eigenvalue weighted by Crippen LogP contribution is -2.29. The first-order valence-electron chi connectivity index (χ1n) is 7.15. The van der Waals surface area contributed by atoms with Gasteiger partial charge in [-0.15, -0.1) is 0 Å². The van der Waals surface area contributed by atoms with Gasteiger partial charge in [-0.05, 0) is 50.0 Å². The highest BCUT2D eigenvalue weighted by molar-refractivity contribution is 5.90. The number of nitrogens with two attached hydrogens (primary N) is 1. The SMILES string of the molecule is CC(CNc1cc(C(=O)O)ccc1N)CN1CCCC1. The van der Waals surface area contributed by atoms with Gasteiger partial charge in [0, 0.05) is 13.1 Å². The van der Waals surface area contributed by atoms with E-state index in [-0.39, 0.29) is 5.56 Å². The molecule has 1 aromatic rings. The Morgan fingerprint density at radius 2 is 2.15 bits per heavy atom. The lowest BCUT2D eigenvalue weighted by atomic mass is 10.1. The van der Waals surface area contributed by atoms with Crippen molar-refractivity contribution in [1.82, 2.24) is 4.90 Å². The highest BCUT2D eigenvalue weighted by Crippen LogP contribution is 2.20. The summed E-state index contributed by atoms with van der Waals surface area (Å²) in [7, 11) is 0. The zero-order chi connectivity index (χ0) is 14.5. The van der Waals surface area contributed by atoms with E-state index in [2.05, 4.69) is 17.1 Å². The first-order chi connectivity index (χ1) is 9.56. The summed E-state index contributed by atoms with van der Waals surface area (Å²) >= 11 is 0. The number of anilines is 2. The number of hydrogen-bond acceptors (Lipinski definition) is 4. The summed E-state index contributed by atoms with van der Waals surface area (Å²) in [4.78, 5) is 13.4. The van der Waals surface area contributed by atoms with Crippen molar-refractivity contribution >= 4 is 17.3 Å². The van der Waals surface area contributed by atoms with E-state index in [1.54, 1.807) is 12.1 Å². The molecule has 0 amide bonds. The Labute approximate surface area is 119 Å². The number of likely N-dealkylation sites (tertiary alicyclic amines) is 1. The highest BCUT2D eigenvalue weighted by atomic mass is 16.4. The molecule has 1 heterocycles. The van der Waals surface area contributed by atoms with Crippen LogP contribution in [0.4, 0.5) is 11.4 Å². The molecule has 4 N–H and O–H groups in total. The molecule has 1 saturated heterocycles. The Bertz CT molecular complexity index is 470. The van der Waals surface area contributed by atoms with Crippen molar-refractivity contribution in [2.45, 2.75) is 19.8 Å². The number of rotatable bonds is 6. The van der Waals surface area contributed by atoms with Crippen LogP contribution in [0.1, 0.15) is 30.1 Å². The number of hydrogen-bond donors (Lipinski definition) is 3. The normalized spacial score (nSPS) is 17.1. The van der Waals surface area contributed by atoms with E-state index in [1.165, 1.54) is 32.0 Å². The van der Waals surface area contributed by atoms with Crippen LogP contribution in [0.15, 0.2) is 18.2 Å². The minimum Gasteiger partial charge on any atom is -0.478 e. The van der Waals surface area contributed by atoms with Crippen molar-refractivity contribution in [1.29, 1.82) is 0 Å². The van der Waals surface area contributed by atoms with E-state index < -0.39 is 5.97 Å². The summed E-state index contributed by atoms with van der Waals surface area (Å²) in [5.74, 6) is -0.431. The number of nitrogen functional groups attached to an aromatic ring is 1. The van der Waals surface area contributed by atoms with Crippen LogP contribution in [0.5, 0.6) is 0 Å². The summed E-state index contributed by atoms with van der Waals surface area (Å²) in [6, 6.07) is 4.76. The topological polar surface area (TPSA) is 78.6 Å². The second-order valence-corrected chi connectivity index (χ2v) is 5.60. The zero-order valence-electron chi connectivity index (χ0n) is 11.9. The molecule has 20 heavy (non-hydrogen) atoms. The molecule has 0 bridgehead atoms. The van der Waals surface area contributed by atoms with Crippen molar-refractivity contribution in [3.05, 3.63) is 23.8 Å². The Morgan fingerprint density at radius 3 is 2.80 bits per heavy atom. The minimum atomic E-state index is -0.932. The molecule has 1 unspecified atom stereocenters. The molecule has 1 aliphatic heterocycles. The third kappa shape index (κ3) is 3.87. The van der Waals surface area contributed by atoms with Gasteiger partial charge >= 0.3 is 5.97 Å². The van der Waals surface area contributed by atoms with Crippen LogP contribution < -0.4 is 11.1 Å². The molecular formula is C15H23N3O2. The van der Waals surface area contributed by atoms with E-state index in [0.29, 0.717) is 17.3 Å². The van der Waals surface area contributed by atoms with Crippen LogP contribution in [-0.2, 0) is 0 Å². The molecule has 110 valence electrons. The van der Waals surface area contributed by atoms with Gasteiger partial charge in [-0.25, -0.2) is 4.79 Å². The summed E-state index contributed by atoms with van der Waals surface area (Å²) in [5, 5.41) is 12.3. The Morgan fingerprint density at radius 1 is 1.45 bits per heavy atom. The maximum atomic E-state index is 11.0. The summed E-state index contributed by atoms with van der Waals surface area (Å²) in [6.45, 7) is 6.46. The van der Waals surface area contributed by atoms with Crippen molar-refractivity contribution in [2.24, 2.45) is 5.92 Å².